The number of hydrogen-bond acceptors (Lipinski definition) is 6. The summed E-state index contributed by atoms with van der Waals surface area (Å²) in [6.07, 6.45) is 9.26. The van der Waals surface area contributed by atoms with E-state index in [2.05, 4.69) is 17.6 Å². The molecule has 0 aromatic carbocycles. The van der Waals surface area contributed by atoms with Crippen LogP contribution in [0.2, 0.25) is 0 Å². The zero-order valence-corrected chi connectivity index (χ0v) is 18.9. The Bertz CT molecular complexity index is 1010. The number of nitrogens with one attached hydrogen (secondary N) is 2. The van der Waals surface area contributed by atoms with E-state index in [0.29, 0.717) is 11.7 Å². The summed E-state index contributed by atoms with van der Waals surface area (Å²) in [5.41, 5.74) is 1.20. The summed E-state index contributed by atoms with van der Waals surface area (Å²) in [5.74, 6) is -0.325. The average molecular weight is 449 g/mol. The number of carbonyl (C=O) groups is 2. The van der Waals surface area contributed by atoms with Crippen LogP contribution in [-0.4, -0.2) is 33.3 Å². The summed E-state index contributed by atoms with van der Waals surface area (Å²) >= 11 is 2.84. The van der Waals surface area contributed by atoms with Gasteiger partial charge in [-0.2, -0.15) is 0 Å². The second kappa shape index (κ2) is 9.51. The molecule has 7 nitrogen and oxygen atoms in total. The molecular formula is C21H28N4O3S2. The summed E-state index contributed by atoms with van der Waals surface area (Å²) in [7, 11) is 0. The number of rotatable bonds is 9. The van der Waals surface area contributed by atoms with Crippen molar-refractivity contribution in [1.82, 2.24) is 20.2 Å². The maximum absolute atomic E-state index is 13.3. The third-order valence-corrected chi connectivity index (χ3v) is 7.69. The molecule has 2 aliphatic rings. The lowest BCUT2D eigenvalue weighted by molar-refractivity contribution is -0.117. The molecule has 30 heavy (non-hydrogen) atoms. The lowest BCUT2D eigenvalue weighted by Crippen LogP contribution is -2.41. The SMILES string of the molecule is CCCCCCn1c(SCC(=O)NC(=O)NC2CC2)nc2sc3c(c2c1=O)CCC3. The maximum Gasteiger partial charge on any atom is 0.321 e. The minimum Gasteiger partial charge on any atom is -0.335 e. The van der Waals surface area contributed by atoms with Gasteiger partial charge in [-0.05, 0) is 44.1 Å². The topological polar surface area (TPSA) is 93.1 Å². The lowest BCUT2D eigenvalue weighted by Gasteiger charge is -2.12. The molecule has 0 saturated heterocycles. The van der Waals surface area contributed by atoms with Gasteiger partial charge in [0, 0.05) is 17.5 Å². The molecular weight excluding hydrogens is 420 g/mol. The standard InChI is InChI=1S/C21H28N4O3S2/c1-2-3-4-5-11-25-19(27)17-14-7-6-8-15(14)30-18(17)24-21(25)29-12-16(26)23-20(28)22-13-9-10-13/h13H,2-12H2,1H3,(H2,22,23,26,28). The highest BCUT2D eigenvalue weighted by Gasteiger charge is 2.25. The van der Waals surface area contributed by atoms with Gasteiger partial charge in [0.25, 0.3) is 5.56 Å². The largest absolute Gasteiger partial charge is 0.335 e. The van der Waals surface area contributed by atoms with Gasteiger partial charge < -0.3 is 5.32 Å². The fraction of sp³-hybridized carbons (Fsp3) is 0.619. The highest BCUT2D eigenvalue weighted by atomic mass is 32.2. The first kappa shape index (κ1) is 21.4. The van der Waals surface area contributed by atoms with Crippen molar-refractivity contribution < 1.29 is 9.59 Å². The highest BCUT2D eigenvalue weighted by molar-refractivity contribution is 7.99. The number of hydrogen-bond donors (Lipinski definition) is 2. The molecule has 0 atom stereocenters. The van der Waals surface area contributed by atoms with Gasteiger partial charge in [-0.15, -0.1) is 11.3 Å². The number of thiophene rings is 1. The van der Waals surface area contributed by atoms with Gasteiger partial charge in [-0.25, -0.2) is 9.78 Å². The van der Waals surface area contributed by atoms with E-state index in [1.54, 1.807) is 15.9 Å². The Labute approximate surface area is 184 Å². The molecule has 4 rings (SSSR count). The number of aryl methyl sites for hydroxylation is 2. The van der Waals surface area contributed by atoms with E-state index in [4.69, 9.17) is 4.98 Å². The Morgan fingerprint density at radius 3 is 2.83 bits per heavy atom. The molecule has 0 aliphatic heterocycles. The zero-order valence-electron chi connectivity index (χ0n) is 17.3. The predicted octanol–water partition coefficient (Wildman–Crippen LogP) is 3.61. The molecule has 2 heterocycles. The quantitative estimate of drug-likeness (QED) is 0.347. The summed E-state index contributed by atoms with van der Waals surface area (Å²) < 4.78 is 1.74. The van der Waals surface area contributed by atoms with Crippen molar-refractivity contribution in [3.63, 3.8) is 0 Å². The fourth-order valence-corrected chi connectivity index (χ4v) is 5.93. The van der Waals surface area contributed by atoms with E-state index < -0.39 is 6.03 Å². The smallest absolute Gasteiger partial charge is 0.321 e. The molecule has 0 unspecified atom stereocenters. The van der Waals surface area contributed by atoms with Crippen LogP contribution in [0.15, 0.2) is 9.95 Å². The van der Waals surface area contributed by atoms with Crippen LogP contribution >= 0.6 is 23.1 Å². The number of thioether (sulfide) groups is 1. The van der Waals surface area contributed by atoms with Crippen molar-refractivity contribution in [2.24, 2.45) is 0 Å². The molecule has 2 aliphatic carbocycles. The Morgan fingerprint density at radius 2 is 2.07 bits per heavy atom. The lowest BCUT2D eigenvalue weighted by atomic mass is 10.2. The van der Waals surface area contributed by atoms with Crippen LogP contribution in [0.4, 0.5) is 4.79 Å². The van der Waals surface area contributed by atoms with Gasteiger partial charge in [-0.1, -0.05) is 37.9 Å². The predicted molar refractivity (Wildman–Crippen MR) is 120 cm³/mol. The molecule has 1 saturated carbocycles. The molecule has 9 heteroatoms. The Kier molecular flexibility index (Phi) is 6.77. The number of fused-ring (bicyclic) bond motifs is 3. The van der Waals surface area contributed by atoms with Crippen LogP contribution in [-0.2, 0) is 24.2 Å². The molecule has 0 radical (unpaired) electrons. The van der Waals surface area contributed by atoms with E-state index in [1.807, 2.05) is 0 Å². The van der Waals surface area contributed by atoms with Crippen molar-refractivity contribution in [3.8, 4) is 0 Å². The van der Waals surface area contributed by atoms with Gasteiger partial charge in [0.2, 0.25) is 5.91 Å². The summed E-state index contributed by atoms with van der Waals surface area (Å²) in [4.78, 5) is 44.1. The van der Waals surface area contributed by atoms with Crippen molar-refractivity contribution in [3.05, 3.63) is 20.8 Å². The summed E-state index contributed by atoms with van der Waals surface area (Å²) in [6.45, 7) is 2.77. The minimum atomic E-state index is -0.446. The number of carbonyl (C=O) groups excluding carboxylic acids is 2. The Morgan fingerprint density at radius 1 is 1.23 bits per heavy atom. The monoisotopic (exact) mass is 448 g/mol. The molecule has 0 spiro atoms. The molecule has 2 aromatic heterocycles. The first-order chi connectivity index (χ1) is 14.6. The number of amides is 3. The molecule has 2 aromatic rings. The number of unbranched alkanes of at least 4 members (excludes halogenated alkanes) is 3. The number of aromatic nitrogens is 2. The Balaban J connectivity index is 1.51. The van der Waals surface area contributed by atoms with Gasteiger partial charge in [0.05, 0.1) is 11.1 Å². The zero-order chi connectivity index (χ0) is 21.1. The van der Waals surface area contributed by atoms with Gasteiger partial charge in [0.1, 0.15) is 4.83 Å². The number of nitrogens with zero attached hydrogens (tertiary/aromatic N) is 2. The Hall–Kier alpha value is -1.87. The van der Waals surface area contributed by atoms with Gasteiger partial charge >= 0.3 is 6.03 Å². The third-order valence-electron chi connectivity index (χ3n) is 5.52. The molecule has 0 bridgehead atoms. The van der Waals surface area contributed by atoms with Gasteiger partial charge in [0.15, 0.2) is 5.16 Å². The molecule has 3 amide bonds. The van der Waals surface area contributed by atoms with Crippen molar-refractivity contribution in [2.45, 2.75) is 82.5 Å². The second-order valence-electron chi connectivity index (χ2n) is 8.03. The van der Waals surface area contributed by atoms with Crippen LogP contribution in [0, 0.1) is 0 Å². The minimum absolute atomic E-state index is 0.0188. The van der Waals surface area contributed by atoms with Gasteiger partial charge in [-0.3, -0.25) is 19.5 Å². The van der Waals surface area contributed by atoms with E-state index in [1.165, 1.54) is 22.2 Å². The first-order valence-corrected chi connectivity index (χ1v) is 12.6. The highest BCUT2D eigenvalue weighted by Crippen LogP contribution is 2.35. The van der Waals surface area contributed by atoms with Crippen molar-refractivity contribution in [2.75, 3.05) is 5.75 Å². The first-order valence-electron chi connectivity index (χ1n) is 10.8. The van der Waals surface area contributed by atoms with E-state index in [0.717, 1.165) is 68.0 Å². The molecule has 162 valence electrons. The maximum atomic E-state index is 13.3. The van der Waals surface area contributed by atoms with Crippen molar-refractivity contribution in [1.29, 1.82) is 0 Å². The van der Waals surface area contributed by atoms with Crippen LogP contribution in [0.25, 0.3) is 10.2 Å². The number of urea groups is 1. The second-order valence-corrected chi connectivity index (χ2v) is 10.1. The summed E-state index contributed by atoms with van der Waals surface area (Å²) in [5, 5.41) is 6.45. The average Bonchev–Trinajstić information content (AvgIpc) is 3.28. The third kappa shape index (κ3) is 4.88. The van der Waals surface area contributed by atoms with E-state index in [9.17, 15) is 14.4 Å². The van der Waals surface area contributed by atoms with Crippen molar-refractivity contribution >= 4 is 45.3 Å². The van der Waals surface area contributed by atoms with E-state index >= 15 is 0 Å². The molecule has 2 N–H and O–H groups in total. The summed E-state index contributed by atoms with van der Waals surface area (Å²) in [6, 6.07) is -0.248. The molecule has 1 fully saturated rings. The normalized spacial score (nSPS) is 15.4. The van der Waals surface area contributed by atoms with Crippen LogP contribution in [0.3, 0.4) is 0 Å². The van der Waals surface area contributed by atoms with Crippen LogP contribution in [0.5, 0.6) is 0 Å². The van der Waals surface area contributed by atoms with Crippen LogP contribution < -0.4 is 16.2 Å². The van der Waals surface area contributed by atoms with Crippen LogP contribution in [0.1, 0.15) is 62.3 Å². The van der Waals surface area contributed by atoms with E-state index in [-0.39, 0.29) is 23.3 Å². The fourth-order valence-electron chi connectivity index (χ4n) is 3.80. The number of imide groups is 1.